The van der Waals surface area contributed by atoms with Crippen molar-refractivity contribution in [3.63, 3.8) is 0 Å². The Morgan fingerprint density at radius 3 is 2.43 bits per heavy atom. The van der Waals surface area contributed by atoms with E-state index in [0.717, 1.165) is 46.6 Å². The van der Waals surface area contributed by atoms with Crippen molar-refractivity contribution in [2.75, 3.05) is 17.7 Å². The lowest BCUT2D eigenvalue weighted by Crippen LogP contribution is -2.34. The Labute approximate surface area is 252 Å². The highest BCUT2D eigenvalue weighted by atomic mass is 32.2. The number of hydrogen-bond donors (Lipinski definition) is 3. The molecule has 2 aliphatic rings. The van der Waals surface area contributed by atoms with Crippen LogP contribution < -0.4 is 10.6 Å². The Balaban J connectivity index is 1.38. The molecule has 0 radical (unpaired) electrons. The number of carbonyl (C=O) groups is 4. The molecule has 0 saturated heterocycles. The first-order chi connectivity index (χ1) is 20.4. The number of thiophene rings is 1. The molecule has 0 fully saturated rings. The molecule has 0 bridgehead atoms. The molecule has 3 unspecified atom stereocenters. The molecule has 218 valence electrons. The lowest BCUT2D eigenvalue weighted by molar-refractivity contribution is -0.146. The zero-order valence-corrected chi connectivity index (χ0v) is 24.8. The molecular formula is C32H32N2O6S2. The number of carboxylic acid groups (broad SMARTS) is 1. The fourth-order valence-electron chi connectivity index (χ4n) is 5.45. The van der Waals surface area contributed by atoms with E-state index < -0.39 is 29.0 Å². The number of allylic oxidation sites excluding steroid dienone is 2. The van der Waals surface area contributed by atoms with E-state index in [0.29, 0.717) is 29.1 Å². The molecule has 3 aromatic rings. The Bertz CT molecular complexity index is 1520. The van der Waals surface area contributed by atoms with Crippen LogP contribution in [0.1, 0.15) is 57.3 Å². The highest BCUT2D eigenvalue weighted by Crippen LogP contribution is 2.41. The summed E-state index contributed by atoms with van der Waals surface area (Å²) in [6, 6.07) is 16.6. The Hall–Kier alpha value is -3.89. The predicted octanol–water partition coefficient (Wildman–Crippen LogP) is 6.49. The number of anilines is 2. The van der Waals surface area contributed by atoms with E-state index in [4.69, 9.17) is 4.74 Å². The Morgan fingerprint density at radius 2 is 1.69 bits per heavy atom. The van der Waals surface area contributed by atoms with Gasteiger partial charge in [0.2, 0.25) is 11.8 Å². The Kier molecular flexibility index (Phi) is 9.44. The first kappa shape index (κ1) is 29.6. The molecule has 5 rings (SSSR count). The number of benzene rings is 2. The number of aryl methyl sites for hydroxylation is 1. The summed E-state index contributed by atoms with van der Waals surface area (Å²) in [5.74, 6) is -3.48. The second kappa shape index (κ2) is 13.4. The van der Waals surface area contributed by atoms with Gasteiger partial charge in [0.1, 0.15) is 10.3 Å². The van der Waals surface area contributed by atoms with Crippen LogP contribution in [-0.4, -0.2) is 36.0 Å². The van der Waals surface area contributed by atoms with E-state index in [-0.39, 0.29) is 11.8 Å². The molecule has 8 nitrogen and oxygen atoms in total. The molecule has 0 aliphatic heterocycles. The second-order valence-electron chi connectivity index (χ2n) is 10.3. The number of hydrogen-bond acceptors (Lipinski definition) is 7. The van der Waals surface area contributed by atoms with Gasteiger partial charge in [-0.15, -0.1) is 23.1 Å². The van der Waals surface area contributed by atoms with Crippen LogP contribution in [-0.2, 0) is 32.0 Å². The number of fused-ring (bicyclic) bond motifs is 1. The summed E-state index contributed by atoms with van der Waals surface area (Å²) in [6.07, 6.45) is 8.03. The van der Waals surface area contributed by atoms with Gasteiger partial charge in [-0.1, -0.05) is 48.6 Å². The number of ether oxygens (including phenoxy) is 1. The summed E-state index contributed by atoms with van der Waals surface area (Å²) in [6.45, 7) is 0. The highest BCUT2D eigenvalue weighted by Gasteiger charge is 2.34. The third kappa shape index (κ3) is 6.60. The maximum absolute atomic E-state index is 13.9. The summed E-state index contributed by atoms with van der Waals surface area (Å²) >= 11 is 2.77. The molecule has 2 aliphatic carbocycles. The topological polar surface area (TPSA) is 122 Å². The highest BCUT2D eigenvalue weighted by molar-refractivity contribution is 8.00. The van der Waals surface area contributed by atoms with Crippen LogP contribution in [0.3, 0.4) is 0 Å². The molecule has 42 heavy (non-hydrogen) atoms. The number of carbonyl (C=O) groups excluding carboxylic acids is 3. The van der Waals surface area contributed by atoms with Crippen molar-refractivity contribution in [3.05, 3.63) is 88.3 Å². The van der Waals surface area contributed by atoms with Crippen molar-refractivity contribution in [1.29, 1.82) is 0 Å². The standard InChI is InChI=1S/C32H32N2O6S2/c1-40-32(39)26-24-16-7-8-17-25(24)42-30(26)34-29(36)27(19-10-3-2-4-11-19)41-21-13-9-12-20(18-21)33-28(35)22-14-5-6-15-23(22)31(37)38/h2-6,9-13,18,22-23,27H,7-8,14-17H2,1H3,(H,33,35)(H,34,36)(H,37,38). The summed E-state index contributed by atoms with van der Waals surface area (Å²) in [4.78, 5) is 53.2. The number of amides is 2. The van der Waals surface area contributed by atoms with Crippen LogP contribution in [0.2, 0.25) is 0 Å². The molecule has 10 heteroatoms. The molecule has 1 aromatic heterocycles. The lowest BCUT2D eigenvalue weighted by atomic mass is 9.82. The zero-order valence-electron chi connectivity index (χ0n) is 23.1. The second-order valence-corrected chi connectivity index (χ2v) is 12.6. The molecule has 0 saturated carbocycles. The molecule has 1 heterocycles. The number of rotatable bonds is 9. The Morgan fingerprint density at radius 1 is 0.952 bits per heavy atom. The molecule has 0 spiro atoms. The van der Waals surface area contributed by atoms with E-state index in [1.165, 1.54) is 30.2 Å². The van der Waals surface area contributed by atoms with E-state index in [1.807, 2.05) is 42.5 Å². The monoisotopic (exact) mass is 604 g/mol. The van der Waals surface area contributed by atoms with E-state index in [9.17, 15) is 24.3 Å². The van der Waals surface area contributed by atoms with Crippen molar-refractivity contribution in [1.82, 2.24) is 0 Å². The summed E-state index contributed by atoms with van der Waals surface area (Å²) in [5, 5.41) is 15.3. The van der Waals surface area contributed by atoms with Gasteiger partial charge in [-0.25, -0.2) is 4.79 Å². The first-order valence-electron chi connectivity index (χ1n) is 13.9. The molecule has 2 aromatic carbocycles. The quantitative estimate of drug-likeness (QED) is 0.145. The summed E-state index contributed by atoms with van der Waals surface area (Å²) < 4.78 is 5.07. The number of aliphatic carboxylic acids is 1. The minimum Gasteiger partial charge on any atom is -0.481 e. The van der Waals surface area contributed by atoms with Crippen LogP contribution in [0, 0.1) is 11.8 Å². The van der Waals surface area contributed by atoms with Crippen LogP contribution in [0.4, 0.5) is 10.7 Å². The van der Waals surface area contributed by atoms with Crippen molar-refractivity contribution in [3.8, 4) is 0 Å². The average Bonchev–Trinajstić information content (AvgIpc) is 3.37. The number of esters is 1. The van der Waals surface area contributed by atoms with Gasteiger partial charge in [0.25, 0.3) is 0 Å². The molecule has 3 atom stereocenters. The number of nitrogens with one attached hydrogen (secondary N) is 2. The largest absolute Gasteiger partial charge is 0.481 e. The van der Waals surface area contributed by atoms with Gasteiger partial charge in [-0.2, -0.15) is 0 Å². The predicted molar refractivity (Wildman–Crippen MR) is 164 cm³/mol. The van der Waals surface area contributed by atoms with Gasteiger partial charge < -0.3 is 20.5 Å². The zero-order chi connectivity index (χ0) is 29.6. The SMILES string of the molecule is COC(=O)c1c(NC(=O)C(Sc2cccc(NC(=O)C3CC=CCC3C(=O)O)c2)c2ccccc2)sc2c1CCCC2. The normalized spacial score (nSPS) is 18.4. The van der Waals surface area contributed by atoms with Gasteiger partial charge in [0.15, 0.2) is 0 Å². The number of carboxylic acids is 1. The van der Waals surface area contributed by atoms with Crippen LogP contribution >= 0.6 is 23.1 Å². The van der Waals surface area contributed by atoms with Gasteiger partial charge in [0.05, 0.1) is 24.5 Å². The smallest absolute Gasteiger partial charge is 0.341 e. The van der Waals surface area contributed by atoms with E-state index in [1.54, 1.807) is 24.3 Å². The lowest BCUT2D eigenvalue weighted by Gasteiger charge is -2.24. The summed E-state index contributed by atoms with van der Waals surface area (Å²) in [7, 11) is 1.35. The van der Waals surface area contributed by atoms with Crippen LogP contribution in [0.25, 0.3) is 0 Å². The minimum absolute atomic E-state index is 0.275. The van der Waals surface area contributed by atoms with Crippen LogP contribution in [0.15, 0.2) is 71.6 Å². The third-order valence-electron chi connectivity index (χ3n) is 7.58. The van der Waals surface area contributed by atoms with Crippen molar-refractivity contribution >= 4 is 57.5 Å². The maximum Gasteiger partial charge on any atom is 0.341 e. The van der Waals surface area contributed by atoms with Gasteiger partial charge in [-0.3, -0.25) is 14.4 Å². The number of methoxy groups -OCH3 is 1. The van der Waals surface area contributed by atoms with Gasteiger partial charge in [0, 0.05) is 15.5 Å². The minimum atomic E-state index is -0.984. The van der Waals surface area contributed by atoms with Crippen molar-refractivity contribution in [2.24, 2.45) is 11.8 Å². The number of thioether (sulfide) groups is 1. The van der Waals surface area contributed by atoms with Gasteiger partial charge in [-0.05, 0) is 67.9 Å². The molecular weight excluding hydrogens is 572 g/mol. The first-order valence-corrected chi connectivity index (χ1v) is 15.6. The van der Waals surface area contributed by atoms with E-state index in [2.05, 4.69) is 10.6 Å². The van der Waals surface area contributed by atoms with Crippen molar-refractivity contribution in [2.45, 2.75) is 48.7 Å². The van der Waals surface area contributed by atoms with Gasteiger partial charge >= 0.3 is 11.9 Å². The average molecular weight is 605 g/mol. The van der Waals surface area contributed by atoms with Crippen LogP contribution in [0.5, 0.6) is 0 Å². The molecule has 2 amide bonds. The maximum atomic E-state index is 13.9. The van der Waals surface area contributed by atoms with Crippen molar-refractivity contribution < 1.29 is 29.0 Å². The summed E-state index contributed by atoms with van der Waals surface area (Å²) in [5.41, 5.74) is 2.73. The fraction of sp³-hybridized carbons (Fsp3) is 0.312. The third-order valence-corrected chi connectivity index (χ3v) is 10.0. The fourth-order valence-corrected chi connectivity index (χ4v) is 7.81. The molecule has 3 N–H and O–H groups in total. The van der Waals surface area contributed by atoms with E-state index >= 15 is 0 Å².